The maximum absolute atomic E-state index is 7.02. The number of hydrogen-bond donors (Lipinski definition) is 0. The molecule has 1 aliphatic rings. The van der Waals surface area contributed by atoms with Crippen molar-refractivity contribution in [2.24, 2.45) is 0 Å². The fraction of sp³-hybridized carbons (Fsp3) is 0.229. The third kappa shape index (κ3) is 9.82. The molecule has 0 fully saturated rings. The van der Waals surface area contributed by atoms with Gasteiger partial charge >= 0.3 is 287 Å². The molecule has 0 atom stereocenters. The van der Waals surface area contributed by atoms with Gasteiger partial charge in [-0.2, -0.15) is 0 Å². The van der Waals surface area contributed by atoms with E-state index >= 15 is 0 Å². The van der Waals surface area contributed by atoms with Gasteiger partial charge < -0.3 is 4.90 Å². The van der Waals surface area contributed by atoms with E-state index in [0.29, 0.717) is 11.5 Å². The molecule has 2 aromatic heterocycles. The summed E-state index contributed by atoms with van der Waals surface area (Å²) in [6.45, 7) is 27.3. The van der Waals surface area contributed by atoms with Gasteiger partial charge in [0.2, 0.25) is 0 Å². The quantitative estimate of drug-likeness (QED) is 0.156. The Hall–Kier alpha value is -7.53. The zero-order valence-electron chi connectivity index (χ0n) is 46.4. The summed E-state index contributed by atoms with van der Waals surface area (Å²) in [6.07, 6.45) is 1.93. The second-order valence-electron chi connectivity index (χ2n) is 24.4. The summed E-state index contributed by atoms with van der Waals surface area (Å²) < 4.78 is 12.7. The first-order chi connectivity index (χ1) is 36.6. The van der Waals surface area contributed by atoms with Gasteiger partial charge in [0.25, 0.3) is 0 Å². The molecule has 3 heterocycles. The van der Waals surface area contributed by atoms with Gasteiger partial charge in [-0.3, -0.25) is 0 Å². The summed E-state index contributed by atoms with van der Waals surface area (Å²) in [5.74, 6) is 1.90. The third-order valence-electron chi connectivity index (χ3n) is 14.8. The minimum absolute atomic E-state index is 0.00212. The molecule has 0 N–H and O–H groups in total. The first-order valence-electron chi connectivity index (χ1n) is 26.7. The van der Waals surface area contributed by atoms with Crippen molar-refractivity contribution in [1.82, 2.24) is 14.1 Å². The normalized spacial score (nSPS) is 13.0. The van der Waals surface area contributed by atoms with Crippen LogP contribution in [0.4, 0.5) is 34.3 Å². The van der Waals surface area contributed by atoms with Crippen LogP contribution in [-0.2, 0) is 41.0 Å². The van der Waals surface area contributed by atoms with E-state index in [-0.39, 0.29) is 21.7 Å². The monoisotopic (exact) mass is 1190 g/mol. The van der Waals surface area contributed by atoms with Gasteiger partial charge in [-0.25, -0.2) is 0 Å². The molecule has 1 aliphatic heterocycles. The molecule has 77 heavy (non-hydrogen) atoms. The SMILES string of the molecule is CC(C)(C)c1ccc(N2c3ccccc3-c3ccc(Oc4[c-]c(-n5[c](=[Pt])n(-c6cc(C(C)(C)C)cc(C(C)(C)C)c6)c6ccccc65)ccc4)[c-]c3N(c3cc(C(C)(C)C)ccn3)c3ccccc3-c3ccccc32)cc1. The van der Waals surface area contributed by atoms with Crippen LogP contribution in [0.2, 0.25) is 0 Å². The smallest absolute Gasteiger partial charge is 0.0615 e. The van der Waals surface area contributed by atoms with Gasteiger partial charge in [0, 0.05) is 17.4 Å². The number of ether oxygens (including phenoxy) is 1. The van der Waals surface area contributed by atoms with Gasteiger partial charge in [0.1, 0.15) is 0 Å². The molecule has 390 valence electrons. The third-order valence-corrected chi connectivity index (χ3v) is 15.8. The van der Waals surface area contributed by atoms with Gasteiger partial charge in [-0.1, -0.05) is 102 Å². The van der Waals surface area contributed by atoms with E-state index in [2.05, 4.69) is 303 Å². The number of fused-ring (bicyclic) bond motifs is 7. The first kappa shape index (κ1) is 51.6. The molecule has 11 rings (SSSR count). The van der Waals surface area contributed by atoms with Crippen LogP contribution in [-0.4, -0.2) is 14.1 Å². The zero-order valence-corrected chi connectivity index (χ0v) is 48.6. The Balaban J connectivity index is 1.11. The summed E-state index contributed by atoms with van der Waals surface area (Å²) >= 11 is 2.48. The first-order valence-corrected chi connectivity index (χ1v) is 27.8. The van der Waals surface area contributed by atoms with E-state index in [1.165, 1.54) is 22.3 Å². The van der Waals surface area contributed by atoms with Crippen LogP contribution in [0.5, 0.6) is 11.5 Å². The topological polar surface area (TPSA) is 38.5 Å². The minimum Gasteiger partial charge on any atom is -0.0615 e. The number of pyridine rings is 1. The van der Waals surface area contributed by atoms with Crippen LogP contribution in [0.1, 0.15) is 105 Å². The number of imidazole rings is 1. The molecule has 6 nitrogen and oxygen atoms in total. The van der Waals surface area contributed by atoms with Crippen LogP contribution < -0.4 is 14.5 Å². The molecule has 0 saturated heterocycles. The second kappa shape index (κ2) is 19.5. The van der Waals surface area contributed by atoms with Crippen molar-refractivity contribution in [3.05, 3.63) is 226 Å². The van der Waals surface area contributed by atoms with Crippen molar-refractivity contribution in [1.29, 1.82) is 0 Å². The summed E-state index contributed by atoms with van der Waals surface area (Å²) in [4.78, 5) is 9.89. The molecule has 0 amide bonds. The fourth-order valence-electron chi connectivity index (χ4n) is 10.4. The molecule has 0 aliphatic carbocycles. The Morgan fingerprint density at radius 3 is 1.48 bits per heavy atom. The number of benzene rings is 8. The van der Waals surface area contributed by atoms with Crippen molar-refractivity contribution < 1.29 is 24.1 Å². The molecule has 8 aromatic carbocycles. The van der Waals surface area contributed by atoms with Crippen molar-refractivity contribution in [3.8, 4) is 45.1 Å². The second-order valence-corrected chi connectivity index (χ2v) is 25.4. The number of hydrogen-bond acceptors (Lipinski definition) is 4. The van der Waals surface area contributed by atoms with E-state index in [0.717, 1.165) is 82.7 Å². The van der Waals surface area contributed by atoms with E-state index in [9.17, 15) is 0 Å². The van der Waals surface area contributed by atoms with Crippen LogP contribution in [0.15, 0.2) is 188 Å². The Bertz CT molecular complexity index is 3890. The number of anilines is 6. The summed E-state index contributed by atoms with van der Waals surface area (Å²) in [5.41, 5.74) is 18.1. The van der Waals surface area contributed by atoms with Crippen molar-refractivity contribution in [3.63, 3.8) is 0 Å². The average molecular weight is 1190 g/mol. The van der Waals surface area contributed by atoms with Gasteiger partial charge in [0.05, 0.1) is 5.69 Å². The Kier molecular flexibility index (Phi) is 13.1. The molecule has 0 saturated carbocycles. The predicted molar refractivity (Wildman–Crippen MR) is 316 cm³/mol. The van der Waals surface area contributed by atoms with Gasteiger partial charge in [0.15, 0.2) is 0 Å². The van der Waals surface area contributed by atoms with E-state index in [1.807, 2.05) is 18.3 Å². The van der Waals surface area contributed by atoms with Crippen molar-refractivity contribution >= 4 is 45.3 Å². The van der Waals surface area contributed by atoms with Crippen LogP contribution in [0.25, 0.3) is 44.7 Å². The van der Waals surface area contributed by atoms with E-state index in [4.69, 9.17) is 9.72 Å². The average Bonchev–Trinajstić information content (AvgIpc) is 3.75. The molecule has 0 bridgehead atoms. The Labute approximate surface area is 466 Å². The number of para-hydroxylation sites is 5. The molecule has 0 spiro atoms. The number of rotatable bonds is 6. The standard InChI is InChI=1S/C70H67N5O.Pt/c1-67(2,3)47-32-34-51(35-33-47)74-60-27-16-13-24-56(60)57-25-15-18-29-62(57)75(66-43-48(38-39-71-66)68(4,5)6)65-45-55(36-37-59(65)58-26-14-17-28-61(58)74)76-54-23-21-22-52(44-54)72-46-73(64-31-20-19-30-63(64)72)53-41-49(69(7,8)9)40-50(42-53)70(10,11)12;/h13-43H,1-12H3;/q-2;. The van der Waals surface area contributed by atoms with Crippen LogP contribution in [0.3, 0.4) is 0 Å². The Morgan fingerprint density at radius 2 is 0.909 bits per heavy atom. The number of aromatic nitrogens is 3. The van der Waals surface area contributed by atoms with Crippen molar-refractivity contribution in [2.45, 2.75) is 105 Å². The van der Waals surface area contributed by atoms with Gasteiger partial charge in [-0.15, -0.1) is 0 Å². The number of nitrogens with zero attached hydrogens (tertiary/aromatic N) is 5. The Morgan fingerprint density at radius 1 is 0.403 bits per heavy atom. The maximum atomic E-state index is 7.02. The van der Waals surface area contributed by atoms with Crippen LogP contribution >= 0.6 is 0 Å². The van der Waals surface area contributed by atoms with Crippen LogP contribution in [0, 0.1) is 15.9 Å². The summed E-state index contributed by atoms with van der Waals surface area (Å²) in [5, 5.41) is 0. The molecule has 0 unspecified atom stereocenters. The molecular weight excluding hydrogens is 1120 g/mol. The zero-order chi connectivity index (χ0) is 54.2. The molecule has 0 radical (unpaired) electrons. The van der Waals surface area contributed by atoms with Crippen molar-refractivity contribution in [2.75, 3.05) is 9.80 Å². The predicted octanol–water partition coefficient (Wildman–Crippen LogP) is 19.1. The molecular formula is C70H67N5OPt-2. The molecule has 10 aromatic rings. The summed E-state index contributed by atoms with van der Waals surface area (Å²) in [6, 6.07) is 73.3. The summed E-state index contributed by atoms with van der Waals surface area (Å²) in [7, 11) is 0. The van der Waals surface area contributed by atoms with E-state index < -0.39 is 0 Å². The van der Waals surface area contributed by atoms with E-state index in [1.54, 1.807) is 0 Å². The minimum atomic E-state index is -0.136. The van der Waals surface area contributed by atoms with Gasteiger partial charge in [-0.05, 0) is 52.3 Å². The fourth-order valence-corrected chi connectivity index (χ4v) is 11.5. The molecule has 7 heteroatoms.